The third kappa shape index (κ3) is 2.64. The van der Waals surface area contributed by atoms with Gasteiger partial charge in [0.1, 0.15) is 0 Å². The van der Waals surface area contributed by atoms with Crippen molar-refractivity contribution in [1.29, 1.82) is 0 Å². The molecule has 1 heterocycles. The molecule has 1 aromatic heterocycles. The molecule has 0 saturated carbocycles. The highest BCUT2D eigenvalue weighted by molar-refractivity contribution is 9.10. The van der Waals surface area contributed by atoms with E-state index in [9.17, 15) is 8.42 Å². The van der Waals surface area contributed by atoms with E-state index >= 15 is 0 Å². The Kier molecular flexibility index (Phi) is 3.91. The van der Waals surface area contributed by atoms with Crippen LogP contribution in [0.2, 0.25) is 0 Å². The summed E-state index contributed by atoms with van der Waals surface area (Å²) in [5.41, 5.74) is 0.595. The maximum absolute atomic E-state index is 12.6. The molecule has 0 radical (unpaired) electrons. The lowest BCUT2D eigenvalue weighted by Gasteiger charge is -2.22. The summed E-state index contributed by atoms with van der Waals surface area (Å²) in [5.74, 6) is 0. The van der Waals surface area contributed by atoms with Crippen LogP contribution in [0, 0.1) is 0 Å². The Morgan fingerprint density at radius 1 is 1.42 bits per heavy atom. The minimum Gasteiger partial charge on any atom is -0.265 e. The summed E-state index contributed by atoms with van der Waals surface area (Å²) < 4.78 is 28.5. The first-order valence-electron chi connectivity index (χ1n) is 5.60. The molecule has 0 atom stereocenters. The fraction of sp³-hybridized carbons (Fsp3) is 0.273. The minimum atomic E-state index is -3.66. The van der Waals surface area contributed by atoms with E-state index in [1.165, 1.54) is 15.2 Å². The number of aromatic nitrogens is 3. The van der Waals surface area contributed by atoms with E-state index in [4.69, 9.17) is 0 Å². The summed E-state index contributed by atoms with van der Waals surface area (Å²) in [6.45, 7) is 2.10. The van der Waals surface area contributed by atoms with Gasteiger partial charge in [0.05, 0.1) is 11.9 Å². The summed E-state index contributed by atoms with van der Waals surface area (Å²) in [6, 6.07) is 7.13. The van der Waals surface area contributed by atoms with Gasteiger partial charge in [-0.1, -0.05) is 27.2 Å². The van der Waals surface area contributed by atoms with Gasteiger partial charge in [0, 0.05) is 18.1 Å². The monoisotopic (exact) mass is 344 g/mol. The Morgan fingerprint density at radius 2 is 2.16 bits per heavy atom. The van der Waals surface area contributed by atoms with E-state index in [1.54, 1.807) is 32.2 Å². The lowest BCUT2D eigenvalue weighted by molar-refractivity contribution is 0.570. The van der Waals surface area contributed by atoms with Gasteiger partial charge in [-0.3, -0.25) is 4.31 Å². The number of nitrogens with zero attached hydrogens (tertiary/aromatic N) is 4. The SMILES string of the molecule is CCN(c1cccc(Br)c1)S(=O)(=O)c1cnnn1C. The predicted molar refractivity (Wildman–Crippen MR) is 75.4 cm³/mol. The fourth-order valence-electron chi connectivity index (χ4n) is 1.75. The van der Waals surface area contributed by atoms with E-state index in [0.717, 1.165) is 4.47 Å². The molecule has 1 aromatic carbocycles. The van der Waals surface area contributed by atoms with Gasteiger partial charge in [0.25, 0.3) is 10.0 Å². The first-order valence-corrected chi connectivity index (χ1v) is 7.83. The van der Waals surface area contributed by atoms with Gasteiger partial charge in [-0.25, -0.2) is 4.68 Å². The molecule has 0 fully saturated rings. The topological polar surface area (TPSA) is 68.1 Å². The predicted octanol–water partition coefficient (Wildman–Crippen LogP) is 1.79. The molecule has 0 saturated heterocycles. The zero-order valence-corrected chi connectivity index (χ0v) is 12.9. The van der Waals surface area contributed by atoms with Crippen molar-refractivity contribution in [3.8, 4) is 0 Å². The van der Waals surface area contributed by atoms with Crippen LogP contribution < -0.4 is 4.31 Å². The lowest BCUT2D eigenvalue weighted by atomic mass is 10.3. The molecule has 0 amide bonds. The van der Waals surface area contributed by atoms with Gasteiger partial charge in [0.15, 0.2) is 5.03 Å². The van der Waals surface area contributed by atoms with E-state index in [1.807, 2.05) is 6.07 Å². The number of sulfonamides is 1. The summed E-state index contributed by atoms with van der Waals surface area (Å²) >= 11 is 3.34. The average molecular weight is 345 g/mol. The van der Waals surface area contributed by atoms with Crippen LogP contribution in [0.1, 0.15) is 6.92 Å². The number of anilines is 1. The quantitative estimate of drug-likeness (QED) is 0.847. The number of aryl methyl sites for hydroxylation is 1. The second-order valence-corrected chi connectivity index (χ2v) is 6.57. The molecule has 19 heavy (non-hydrogen) atoms. The van der Waals surface area contributed by atoms with Crippen LogP contribution in [-0.2, 0) is 17.1 Å². The van der Waals surface area contributed by atoms with Gasteiger partial charge < -0.3 is 0 Å². The summed E-state index contributed by atoms with van der Waals surface area (Å²) in [7, 11) is -2.11. The molecule has 2 aromatic rings. The van der Waals surface area contributed by atoms with Crippen molar-refractivity contribution in [2.24, 2.45) is 7.05 Å². The van der Waals surface area contributed by atoms with Crippen molar-refractivity contribution in [3.63, 3.8) is 0 Å². The van der Waals surface area contributed by atoms with Crippen LogP contribution in [0.4, 0.5) is 5.69 Å². The molecule has 0 aliphatic rings. The molecule has 2 rings (SSSR count). The number of hydrogen-bond acceptors (Lipinski definition) is 4. The number of benzene rings is 1. The van der Waals surface area contributed by atoms with Crippen LogP contribution in [0.25, 0.3) is 0 Å². The Balaban J connectivity index is 2.51. The van der Waals surface area contributed by atoms with Gasteiger partial charge in [-0.15, -0.1) is 5.10 Å². The molecule has 102 valence electrons. The number of rotatable bonds is 4. The van der Waals surface area contributed by atoms with Crippen LogP contribution in [0.5, 0.6) is 0 Å². The summed E-state index contributed by atoms with van der Waals surface area (Å²) in [5, 5.41) is 7.34. The second kappa shape index (κ2) is 5.30. The molecule has 0 N–H and O–H groups in total. The maximum Gasteiger partial charge on any atom is 0.283 e. The third-order valence-electron chi connectivity index (χ3n) is 2.61. The van der Waals surface area contributed by atoms with E-state index in [-0.39, 0.29) is 5.03 Å². The third-order valence-corrected chi connectivity index (χ3v) is 5.05. The number of halogens is 1. The average Bonchev–Trinajstić information content (AvgIpc) is 2.77. The molecule has 0 unspecified atom stereocenters. The van der Waals surface area contributed by atoms with Crippen molar-refractivity contribution in [1.82, 2.24) is 15.0 Å². The molecule has 0 aliphatic carbocycles. The standard InChI is InChI=1S/C11H13BrN4O2S/c1-3-16(10-6-4-5-9(12)7-10)19(17,18)11-8-13-14-15(11)2/h4-8H,3H2,1-2H3. The molecular weight excluding hydrogens is 332 g/mol. The Hall–Kier alpha value is -1.41. The largest absolute Gasteiger partial charge is 0.283 e. The first kappa shape index (κ1) is 14.0. The fourth-order valence-corrected chi connectivity index (χ4v) is 3.64. The minimum absolute atomic E-state index is 0.0642. The Bertz CT molecular complexity index is 684. The van der Waals surface area contributed by atoms with Crippen LogP contribution in [-0.4, -0.2) is 30.0 Å². The van der Waals surface area contributed by atoms with Crippen LogP contribution in [0.3, 0.4) is 0 Å². The first-order chi connectivity index (χ1) is 8.96. The van der Waals surface area contributed by atoms with Gasteiger partial charge >= 0.3 is 0 Å². The Morgan fingerprint density at radius 3 is 2.68 bits per heavy atom. The maximum atomic E-state index is 12.6. The lowest BCUT2D eigenvalue weighted by Crippen LogP contribution is -2.32. The van der Waals surface area contributed by atoms with Gasteiger partial charge in [-0.05, 0) is 25.1 Å². The van der Waals surface area contributed by atoms with Crippen LogP contribution >= 0.6 is 15.9 Å². The van der Waals surface area contributed by atoms with Crippen LogP contribution in [0.15, 0.2) is 40.0 Å². The molecular formula is C11H13BrN4O2S. The van der Waals surface area contributed by atoms with Crippen molar-refractivity contribution >= 4 is 31.6 Å². The van der Waals surface area contributed by atoms with Crippen molar-refractivity contribution in [2.75, 3.05) is 10.8 Å². The normalized spacial score (nSPS) is 11.5. The molecule has 8 heteroatoms. The van der Waals surface area contributed by atoms with Gasteiger partial charge in [-0.2, -0.15) is 8.42 Å². The molecule has 0 spiro atoms. The molecule has 0 aliphatic heterocycles. The van der Waals surface area contributed by atoms with Crippen molar-refractivity contribution in [3.05, 3.63) is 34.9 Å². The van der Waals surface area contributed by atoms with E-state index in [2.05, 4.69) is 26.2 Å². The smallest absolute Gasteiger partial charge is 0.265 e. The van der Waals surface area contributed by atoms with E-state index < -0.39 is 10.0 Å². The highest BCUT2D eigenvalue weighted by atomic mass is 79.9. The summed E-state index contributed by atoms with van der Waals surface area (Å²) in [6.07, 6.45) is 1.25. The Labute approximate surface area is 120 Å². The number of hydrogen-bond donors (Lipinski definition) is 0. The molecule has 0 bridgehead atoms. The highest BCUT2D eigenvalue weighted by Gasteiger charge is 2.27. The zero-order chi connectivity index (χ0) is 14.0. The van der Waals surface area contributed by atoms with Gasteiger partial charge in [0.2, 0.25) is 0 Å². The zero-order valence-electron chi connectivity index (χ0n) is 10.5. The van der Waals surface area contributed by atoms with Crippen molar-refractivity contribution in [2.45, 2.75) is 11.9 Å². The second-order valence-electron chi connectivity index (χ2n) is 3.85. The summed E-state index contributed by atoms with van der Waals surface area (Å²) in [4.78, 5) is 0. The molecule has 6 nitrogen and oxygen atoms in total. The van der Waals surface area contributed by atoms with Crippen molar-refractivity contribution < 1.29 is 8.42 Å². The highest BCUT2D eigenvalue weighted by Crippen LogP contribution is 2.25. The van der Waals surface area contributed by atoms with E-state index in [0.29, 0.717) is 12.2 Å².